The van der Waals surface area contributed by atoms with Crippen molar-refractivity contribution in [1.29, 1.82) is 0 Å². The number of rotatable bonds is 8. The molecule has 0 fully saturated rings. The largest absolute Gasteiger partial charge is 0.497 e. The SMILES string of the molecule is COc1cccc(CCCNC(=O)C(C)Oc2ccc(Cl)cc2)c1. The molecule has 0 radical (unpaired) electrons. The van der Waals surface area contributed by atoms with Crippen molar-refractivity contribution in [3.05, 3.63) is 59.1 Å². The van der Waals surface area contributed by atoms with Crippen molar-refractivity contribution in [3.63, 3.8) is 0 Å². The smallest absolute Gasteiger partial charge is 0.260 e. The standard InChI is InChI=1S/C19H22ClNO3/c1-14(24-17-10-8-16(20)9-11-17)19(22)21-12-4-6-15-5-3-7-18(13-15)23-2/h3,5,7-11,13-14H,4,6,12H2,1-2H3,(H,21,22). The van der Waals surface area contributed by atoms with Gasteiger partial charge in [-0.3, -0.25) is 4.79 Å². The number of halogens is 1. The molecule has 0 saturated heterocycles. The van der Waals surface area contributed by atoms with Crippen LogP contribution in [0.25, 0.3) is 0 Å². The summed E-state index contributed by atoms with van der Waals surface area (Å²) in [5.41, 5.74) is 1.19. The molecule has 1 unspecified atom stereocenters. The predicted molar refractivity (Wildman–Crippen MR) is 95.9 cm³/mol. The van der Waals surface area contributed by atoms with E-state index >= 15 is 0 Å². The van der Waals surface area contributed by atoms with E-state index in [1.54, 1.807) is 38.3 Å². The van der Waals surface area contributed by atoms with E-state index in [1.165, 1.54) is 5.56 Å². The average molecular weight is 348 g/mol. The zero-order valence-corrected chi connectivity index (χ0v) is 14.7. The zero-order valence-electron chi connectivity index (χ0n) is 13.9. The maximum Gasteiger partial charge on any atom is 0.260 e. The van der Waals surface area contributed by atoms with Gasteiger partial charge >= 0.3 is 0 Å². The Hall–Kier alpha value is -2.20. The van der Waals surface area contributed by atoms with E-state index in [-0.39, 0.29) is 5.91 Å². The highest BCUT2D eigenvalue weighted by atomic mass is 35.5. The third-order valence-electron chi connectivity index (χ3n) is 3.57. The second-order valence-corrected chi connectivity index (χ2v) is 5.90. The third kappa shape index (κ3) is 5.78. The lowest BCUT2D eigenvalue weighted by Crippen LogP contribution is -2.36. The normalized spacial score (nSPS) is 11.6. The molecule has 0 spiro atoms. The number of nitrogens with one attached hydrogen (secondary N) is 1. The number of methoxy groups -OCH3 is 1. The van der Waals surface area contributed by atoms with Gasteiger partial charge in [-0.2, -0.15) is 0 Å². The van der Waals surface area contributed by atoms with Gasteiger partial charge in [-0.25, -0.2) is 0 Å². The lowest BCUT2D eigenvalue weighted by atomic mass is 10.1. The van der Waals surface area contributed by atoms with Crippen molar-refractivity contribution >= 4 is 17.5 Å². The van der Waals surface area contributed by atoms with Gasteiger partial charge in [0.15, 0.2) is 6.10 Å². The van der Waals surface area contributed by atoms with Crippen LogP contribution in [0.15, 0.2) is 48.5 Å². The van der Waals surface area contributed by atoms with Gasteiger partial charge in [-0.05, 0) is 61.7 Å². The van der Waals surface area contributed by atoms with Crippen molar-refractivity contribution in [2.45, 2.75) is 25.9 Å². The molecule has 0 aliphatic rings. The minimum Gasteiger partial charge on any atom is -0.497 e. The molecule has 128 valence electrons. The fraction of sp³-hybridized carbons (Fsp3) is 0.316. The Bertz CT molecular complexity index is 658. The quantitative estimate of drug-likeness (QED) is 0.737. The Morgan fingerprint density at radius 3 is 2.62 bits per heavy atom. The third-order valence-corrected chi connectivity index (χ3v) is 3.82. The number of benzene rings is 2. The van der Waals surface area contributed by atoms with Crippen LogP contribution in [0.4, 0.5) is 0 Å². The lowest BCUT2D eigenvalue weighted by molar-refractivity contribution is -0.127. The summed E-state index contributed by atoms with van der Waals surface area (Å²) in [7, 11) is 1.65. The number of hydrogen-bond acceptors (Lipinski definition) is 3. The summed E-state index contributed by atoms with van der Waals surface area (Å²) in [4.78, 5) is 12.0. The molecule has 2 rings (SSSR count). The fourth-order valence-electron chi connectivity index (χ4n) is 2.25. The topological polar surface area (TPSA) is 47.6 Å². The molecule has 1 N–H and O–H groups in total. The highest BCUT2D eigenvalue weighted by Crippen LogP contribution is 2.17. The van der Waals surface area contributed by atoms with E-state index < -0.39 is 6.10 Å². The highest BCUT2D eigenvalue weighted by Gasteiger charge is 2.13. The molecule has 2 aromatic carbocycles. The molecule has 24 heavy (non-hydrogen) atoms. The van der Waals surface area contributed by atoms with E-state index in [0.29, 0.717) is 17.3 Å². The molecule has 0 heterocycles. The van der Waals surface area contributed by atoms with Crippen LogP contribution in [0.2, 0.25) is 5.02 Å². The van der Waals surface area contributed by atoms with Gasteiger partial charge in [0.2, 0.25) is 0 Å². The van der Waals surface area contributed by atoms with Gasteiger partial charge in [0.1, 0.15) is 11.5 Å². The summed E-state index contributed by atoms with van der Waals surface area (Å²) in [5.74, 6) is 1.34. The lowest BCUT2D eigenvalue weighted by Gasteiger charge is -2.14. The Balaban J connectivity index is 1.71. The van der Waals surface area contributed by atoms with Gasteiger partial charge < -0.3 is 14.8 Å². The molecular weight excluding hydrogens is 326 g/mol. The maximum absolute atomic E-state index is 12.0. The molecule has 4 nitrogen and oxygen atoms in total. The maximum atomic E-state index is 12.0. The predicted octanol–water partition coefficient (Wildman–Crippen LogP) is 3.86. The first-order valence-electron chi connectivity index (χ1n) is 7.91. The molecule has 1 amide bonds. The molecule has 2 aromatic rings. The van der Waals surface area contributed by atoms with Gasteiger partial charge in [0.25, 0.3) is 5.91 Å². The number of carbonyl (C=O) groups is 1. The van der Waals surface area contributed by atoms with Gasteiger partial charge in [-0.1, -0.05) is 23.7 Å². The first-order valence-corrected chi connectivity index (χ1v) is 8.29. The van der Waals surface area contributed by atoms with Crippen molar-refractivity contribution in [2.75, 3.05) is 13.7 Å². The molecule has 1 atom stereocenters. The van der Waals surface area contributed by atoms with Gasteiger partial charge in [-0.15, -0.1) is 0 Å². The van der Waals surface area contributed by atoms with E-state index in [1.807, 2.05) is 18.2 Å². The van der Waals surface area contributed by atoms with Crippen LogP contribution >= 0.6 is 11.6 Å². The van der Waals surface area contributed by atoms with E-state index in [4.69, 9.17) is 21.1 Å². The summed E-state index contributed by atoms with van der Waals surface area (Å²) >= 11 is 5.82. The number of amides is 1. The van der Waals surface area contributed by atoms with E-state index in [9.17, 15) is 4.79 Å². The summed E-state index contributed by atoms with van der Waals surface area (Å²) in [6, 6.07) is 14.9. The summed E-state index contributed by atoms with van der Waals surface area (Å²) in [5, 5.41) is 3.53. The monoisotopic (exact) mass is 347 g/mol. The van der Waals surface area contributed by atoms with Crippen LogP contribution in [0.5, 0.6) is 11.5 Å². The van der Waals surface area contributed by atoms with E-state index in [0.717, 1.165) is 18.6 Å². The summed E-state index contributed by atoms with van der Waals surface area (Å²) in [6.45, 7) is 2.33. The number of hydrogen-bond donors (Lipinski definition) is 1. The van der Waals surface area contributed by atoms with Crippen molar-refractivity contribution < 1.29 is 14.3 Å². The molecule has 5 heteroatoms. The Morgan fingerprint density at radius 1 is 1.17 bits per heavy atom. The van der Waals surface area contributed by atoms with Crippen molar-refractivity contribution in [1.82, 2.24) is 5.32 Å². The minimum atomic E-state index is -0.553. The van der Waals surface area contributed by atoms with E-state index in [2.05, 4.69) is 11.4 Å². The van der Waals surface area contributed by atoms with Crippen LogP contribution in [-0.4, -0.2) is 25.7 Å². The number of aryl methyl sites for hydroxylation is 1. The average Bonchev–Trinajstić information content (AvgIpc) is 2.60. The second kappa shape index (κ2) is 9.18. The highest BCUT2D eigenvalue weighted by molar-refractivity contribution is 6.30. The van der Waals surface area contributed by atoms with Crippen LogP contribution in [0.1, 0.15) is 18.9 Å². The fourth-order valence-corrected chi connectivity index (χ4v) is 2.37. The molecule has 0 aliphatic heterocycles. The van der Waals surface area contributed by atoms with Crippen LogP contribution < -0.4 is 14.8 Å². The molecule has 0 aromatic heterocycles. The second-order valence-electron chi connectivity index (χ2n) is 5.46. The number of ether oxygens (including phenoxy) is 2. The summed E-state index contributed by atoms with van der Waals surface area (Å²) in [6.07, 6.45) is 1.18. The molecule has 0 saturated carbocycles. The summed E-state index contributed by atoms with van der Waals surface area (Å²) < 4.78 is 10.8. The van der Waals surface area contributed by atoms with Crippen LogP contribution in [0.3, 0.4) is 0 Å². The zero-order chi connectivity index (χ0) is 17.4. The molecule has 0 bridgehead atoms. The Morgan fingerprint density at radius 2 is 1.92 bits per heavy atom. The van der Waals surface area contributed by atoms with Gasteiger partial charge in [0.05, 0.1) is 7.11 Å². The van der Waals surface area contributed by atoms with Crippen molar-refractivity contribution in [3.8, 4) is 11.5 Å². The first kappa shape index (κ1) is 18.1. The van der Waals surface area contributed by atoms with Crippen molar-refractivity contribution in [2.24, 2.45) is 0 Å². The Kier molecular flexibility index (Phi) is 6.94. The first-order chi connectivity index (χ1) is 11.6. The van der Waals surface area contributed by atoms with Gasteiger partial charge in [0, 0.05) is 11.6 Å². The molecule has 0 aliphatic carbocycles. The Labute approximate surface area is 147 Å². The van der Waals surface area contributed by atoms with Crippen LogP contribution in [-0.2, 0) is 11.2 Å². The van der Waals surface area contributed by atoms with Crippen LogP contribution in [0, 0.1) is 0 Å². The molecular formula is C19H22ClNO3. The minimum absolute atomic E-state index is 0.129. The number of carbonyl (C=O) groups excluding carboxylic acids is 1.